The maximum absolute atomic E-state index is 12.4. The summed E-state index contributed by atoms with van der Waals surface area (Å²) < 4.78 is 10.5. The van der Waals surface area contributed by atoms with Crippen LogP contribution in [-0.4, -0.2) is 55.5 Å². The highest BCUT2D eigenvalue weighted by Crippen LogP contribution is 2.44. The molecule has 8 heteroatoms. The molecule has 1 aliphatic carbocycles. The summed E-state index contributed by atoms with van der Waals surface area (Å²) in [7, 11) is 1.38. The highest BCUT2D eigenvalue weighted by Gasteiger charge is 2.29. The Kier molecular flexibility index (Phi) is 7.83. The van der Waals surface area contributed by atoms with Crippen LogP contribution in [0.2, 0.25) is 0 Å². The first kappa shape index (κ1) is 23.3. The molecule has 0 bridgehead atoms. The van der Waals surface area contributed by atoms with Crippen LogP contribution in [0.5, 0.6) is 0 Å². The largest absolute Gasteiger partial charge is 0.481 e. The summed E-state index contributed by atoms with van der Waals surface area (Å²) in [5.74, 6) is -1.51. The maximum Gasteiger partial charge on any atom is 0.407 e. The molecule has 1 unspecified atom stereocenters. The first-order valence-electron chi connectivity index (χ1n) is 10.6. The van der Waals surface area contributed by atoms with Crippen LogP contribution >= 0.6 is 0 Å². The summed E-state index contributed by atoms with van der Waals surface area (Å²) >= 11 is 0. The van der Waals surface area contributed by atoms with Gasteiger partial charge in [0.25, 0.3) is 0 Å². The van der Waals surface area contributed by atoms with E-state index in [1.165, 1.54) is 7.11 Å². The standard InChI is InChI=1S/C24H28N2O6/c1-3-21(23(29)25-13-15(31-2)12-22(27)28)26-24(30)32-14-20-18-10-6-4-8-16(18)17-9-5-7-11-19(17)20/h4-11,15,20-21H,3,12-14H2,1-2H3,(H,25,29)(H,26,30)(H,27,28)/t15?,21-/m0/s1. The Morgan fingerprint density at radius 3 is 2.16 bits per heavy atom. The van der Waals surface area contributed by atoms with Gasteiger partial charge in [-0.05, 0) is 28.7 Å². The van der Waals surface area contributed by atoms with Crippen LogP contribution in [-0.2, 0) is 19.1 Å². The lowest BCUT2D eigenvalue weighted by Crippen LogP contribution is -2.48. The van der Waals surface area contributed by atoms with Crippen LogP contribution in [0.4, 0.5) is 4.79 Å². The zero-order valence-corrected chi connectivity index (χ0v) is 18.2. The first-order valence-corrected chi connectivity index (χ1v) is 10.6. The monoisotopic (exact) mass is 440 g/mol. The quantitative estimate of drug-likeness (QED) is 0.524. The molecule has 2 aromatic carbocycles. The SMILES string of the molecule is CC[C@H](NC(=O)OCC1c2ccccc2-c2ccccc21)C(=O)NCC(CC(=O)O)OC. The second-order valence-corrected chi connectivity index (χ2v) is 7.63. The van der Waals surface area contributed by atoms with Crippen molar-refractivity contribution in [3.05, 3.63) is 59.7 Å². The molecule has 3 N–H and O–H groups in total. The molecule has 0 radical (unpaired) electrons. The summed E-state index contributed by atoms with van der Waals surface area (Å²) in [6.07, 6.45) is -1.20. The van der Waals surface area contributed by atoms with Gasteiger partial charge in [-0.1, -0.05) is 55.5 Å². The van der Waals surface area contributed by atoms with Crippen molar-refractivity contribution in [2.24, 2.45) is 0 Å². The van der Waals surface area contributed by atoms with Crippen molar-refractivity contribution < 1.29 is 29.0 Å². The average Bonchev–Trinajstić information content (AvgIpc) is 3.12. The minimum Gasteiger partial charge on any atom is -0.481 e. The predicted molar refractivity (Wildman–Crippen MR) is 118 cm³/mol. The molecule has 0 saturated heterocycles. The van der Waals surface area contributed by atoms with E-state index in [1.54, 1.807) is 6.92 Å². The number of alkyl carbamates (subject to hydrolysis) is 1. The van der Waals surface area contributed by atoms with Crippen molar-refractivity contribution in [1.29, 1.82) is 0 Å². The average molecular weight is 440 g/mol. The Hall–Kier alpha value is -3.39. The fraction of sp³-hybridized carbons (Fsp3) is 0.375. The molecular weight excluding hydrogens is 412 g/mol. The van der Waals surface area contributed by atoms with E-state index in [2.05, 4.69) is 22.8 Å². The molecular formula is C24H28N2O6. The Bertz CT molecular complexity index is 931. The van der Waals surface area contributed by atoms with E-state index in [4.69, 9.17) is 14.6 Å². The van der Waals surface area contributed by atoms with Gasteiger partial charge in [-0.25, -0.2) is 4.79 Å². The van der Waals surface area contributed by atoms with Crippen LogP contribution in [0, 0.1) is 0 Å². The van der Waals surface area contributed by atoms with Gasteiger partial charge in [0.15, 0.2) is 0 Å². The van der Waals surface area contributed by atoms with Crippen molar-refractivity contribution in [1.82, 2.24) is 10.6 Å². The van der Waals surface area contributed by atoms with E-state index in [0.717, 1.165) is 22.3 Å². The molecule has 0 saturated carbocycles. The van der Waals surface area contributed by atoms with Crippen molar-refractivity contribution >= 4 is 18.0 Å². The number of hydrogen-bond donors (Lipinski definition) is 3. The number of hydrogen-bond acceptors (Lipinski definition) is 5. The lowest BCUT2D eigenvalue weighted by atomic mass is 9.98. The second-order valence-electron chi connectivity index (χ2n) is 7.63. The second kappa shape index (κ2) is 10.8. The molecule has 1 aliphatic rings. The highest BCUT2D eigenvalue weighted by atomic mass is 16.5. The molecule has 2 atom stereocenters. The van der Waals surface area contributed by atoms with Gasteiger partial charge in [-0.15, -0.1) is 0 Å². The van der Waals surface area contributed by atoms with E-state index in [9.17, 15) is 14.4 Å². The van der Waals surface area contributed by atoms with Crippen molar-refractivity contribution in [2.45, 2.75) is 37.8 Å². The zero-order valence-electron chi connectivity index (χ0n) is 18.2. The molecule has 0 fully saturated rings. The Labute approximate surface area is 186 Å². The van der Waals surface area contributed by atoms with Crippen molar-refractivity contribution in [3.8, 4) is 11.1 Å². The molecule has 0 aliphatic heterocycles. The van der Waals surface area contributed by atoms with E-state index >= 15 is 0 Å². The maximum atomic E-state index is 12.4. The van der Waals surface area contributed by atoms with E-state index in [1.807, 2.05) is 36.4 Å². The molecule has 0 aromatic heterocycles. The smallest absolute Gasteiger partial charge is 0.407 e. The van der Waals surface area contributed by atoms with Crippen LogP contribution < -0.4 is 10.6 Å². The number of carbonyl (C=O) groups excluding carboxylic acids is 2. The minimum absolute atomic E-state index is 0.0322. The summed E-state index contributed by atoms with van der Waals surface area (Å²) in [5.41, 5.74) is 4.49. The van der Waals surface area contributed by atoms with Crippen LogP contribution in [0.1, 0.15) is 36.8 Å². The molecule has 170 valence electrons. The number of aliphatic carboxylic acids is 1. The number of carboxylic acids is 1. The first-order chi connectivity index (χ1) is 15.4. The number of carbonyl (C=O) groups is 3. The lowest BCUT2D eigenvalue weighted by Gasteiger charge is -2.20. The summed E-state index contributed by atoms with van der Waals surface area (Å²) in [5, 5.41) is 14.1. The molecule has 8 nitrogen and oxygen atoms in total. The van der Waals surface area contributed by atoms with Gasteiger partial charge in [0.2, 0.25) is 5.91 Å². The molecule has 0 spiro atoms. The van der Waals surface area contributed by atoms with E-state index < -0.39 is 30.1 Å². The number of ether oxygens (including phenoxy) is 2. The van der Waals surface area contributed by atoms with Gasteiger partial charge in [-0.3, -0.25) is 9.59 Å². The fourth-order valence-electron chi connectivity index (χ4n) is 3.91. The van der Waals surface area contributed by atoms with Crippen LogP contribution in [0.25, 0.3) is 11.1 Å². The molecule has 3 rings (SSSR count). The lowest BCUT2D eigenvalue weighted by molar-refractivity contribution is -0.140. The third kappa shape index (κ3) is 5.45. The van der Waals surface area contributed by atoms with Gasteiger partial charge in [0.1, 0.15) is 12.6 Å². The van der Waals surface area contributed by atoms with E-state index in [-0.39, 0.29) is 25.5 Å². The molecule has 2 amide bonds. The third-order valence-corrected chi connectivity index (χ3v) is 5.60. The fourth-order valence-corrected chi connectivity index (χ4v) is 3.91. The van der Waals surface area contributed by atoms with Gasteiger partial charge >= 0.3 is 12.1 Å². The third-order valence-electron chi connectivity index (χ3n) is 5.60. The van der Waals surface area contributed by atoms with Gasteiger partial charge in [0.05, 0.1) is 12.5 Å². The summed E-state index contributed by atoms with van der Waals surface area (Å²) in [6, 6.07) is 15.3. The van der Waals surface area contributed by atoms with Gasteiger partial charge in [0, 0.05) is 19.6 Å². The number of methoxy groups -OCH3 is 1. The Morgan fingerprint density at radius 1 is 1.03 bits per heavy atom. The Morgan fingerprint density at radius 2 is 1.62 bits per heavy atom. The van der Waals surface area contributed by atoms with Gasteiger partial charge < -0.3 is 25.2 Å². The zero-order chi connectivity index (χ0) is 23.1. The normalized spacial score (nSPS) is 14.1. The molecule has 0 heterocycles. The highest BCUT2D eigenvalue weighted by molar-refractivity contribution is 5.85. The molecule has 2 aromatic rings. The summed E-state index contributed by atoms with van der Waals surface area (Å²) in [6.45, 7) is 1.95. The number of benzene rings is 2. The van der Waals surface area contributed by atoms with Crippen molar-refractivity contribution in [2.75, 3.05) is 20.3 Å². The number of amides is 2. The number of fused-ring (bicyclic) bond motifs is 3. The number of rotatable bonds is 10. The Balaban J connectivity index is 1.56. The van der Waals surface area contributed by atoms with Gasteiger partial charge in [-0.2, -0.15) is 0 Å². The summed E-state index contributed by atoms with van der Waals surface area (Å²) in [4.78, 5) is 35.7. The van der Waals surface area contributed by atoms with Crippen LogP contribution in [0.15, 0.2) is 48.5 Å². The number of nitrogens with one attached hydrogen (secondary N) is 2. The van der Waals surface area contributed by atoms with Crippen molar-refractivity contribution in [3.63, 3.8) is 0 Å². The number of carboxylic acid groups (broad SMARTS) is 1. The molecule has 32 heavy (non-hydrogen) atoms. The van der Waals surface area contributed by atoms with E-state index in [0.29, 0.717) is 6.42 Å². The minimum atomic E-state index is -1.02. The van der Waals surface area contributed by atoms with Crippen LogP contribution in [0.3, 0.4) is 0 Å². The topological polar surface area (TPSA) is 114 Å². The predicted octanol–water partition coefficient (Wildman–Crippen LogP) is 2.91.